The number of nitrogens with zero attached hydrogens (tertiary/aromatic N) is 1. The van der Waals surface area contributed by atoms with Crippen LogP contribution in [-0.2, 0) is 25.0 Å². The van der Waals surface area contributed by atoms with Crippen LogP contribution >= 0.6 is 7.60 Å². The monoisotopic (exact) mass is 357 g/mol. The van der Waals surface area contributed by atoms with Gasteiger partial charge in [0.05, 0.1) is 18.8 Å². The molecule has 0 aromatic heterocycles. The number of likely N-dealkylation sites (tertiary alicyclic amines) is 1. The number of carbonyl (C=O) groups excluding carboxylic acids is 1. The summed E-state index contributed by atoms with van der Waals surface area (Å²) < 4.78 is 27.7. The van der Waals surface area contributed by atoms with E-state index in [1.807, 2.05) is 30.3 Å². The summed E-state index contributed by atoms with van der Waals surface area (Å²) in [4.78, 5) is 13.9. The molecular weight excluding hydrogens is 333 g/mol. The first-order valence-electron chi connectivity index (χ1n) is 7.83. The van der Waals surface area contributed by atoms with Gasteiger partial charge in [-0.1, -0.05) is 30.3 Å². The Morgan fingerprint density at radius 3 is 2.42 bits per heavy atom. The Balaban J connectivity index is 2.04. The van der Waals surface area contributed by atoms with Gasteiger partial charge in [-0.3, -0.25) is 9.46 Å². The van der Waals surface area contributed by atoms with Crippen LogP contribution in [0.3, 0.4) is 0 Å². The maximum atomic E-state index is 12.5. The highest BCUT2D eigenvalue weighted by Crippen LogP contribution is 2.49. The van der Waals surface area contributed by atoms with Gasteiger partial charge in [-0.05, 0) is 18.4 Å². The predicted molar refractivity (Wildman–Crippen MR) is 88.9 cm³/mol. The van der Waals surface area contributed by atoms with E-state index in [9.17, 15) is 14.5 Å². The van der Waals surface area contributed by atoms with E-state index in [1.54, 1.807) is 0 Å². The molecule has 1 fully saturated rings. The van der Waals surface area contributed by atoms with Gasteiger partial charge in [0.2, 0.25) is 0 Å². The average molecular weight is 357 g/mol. The Morgan fingerprint density at radius 2 is 1.83 bits per heavy atom. The van der Waals surface area contributed by atoms with Gasteiger partial charge in [0.15, 0.2) is 0 Å². The summed E-state index contributed by atoms with van der Waals surface area (Å²) in [6.45, 7) is -0.0194. The largest absolute Gasteiger partial charge is 0.445 e. The van der Waals surface area contributed by atoms with Gasteiger partial charge in [0.1, 0.15) is 6.61 Å². The summed E-state index contributed by atoms with van der Waals surface area (Å²) >= 11 is 0. The summed E-state index contributed by atoms with van der Waals surface area (Å²) in [6, 6.07) is 8.65. The second kappa shape index (κ2) is 8.62. The molecule has 1 N–H and O–H groups in total. The zero-order valence-electron chi connectivity index (χ0n) is 14.0. The molecular formula is C16H24NO6P. The molecule has 0 bridgehead atoms. The standard InChI is InChI=1S/C16H24NO6P/c1-21-24(20,22-2)12-15-9-8-14(10-18)17(15)16(19)23-11-13-6-4-3-5-7-13/h3-7,14-15,18H,8-12H2,1-2H3/t14-,15+/m0/s1. The maximum Gasteiger partial charge on any atom is 0.410 e. The average Bonchev–Trinajstić information content (AvgIpc) is 3.02. The molecule has 0 radical (unpaired) electrons. The molecule has 1 heterocycles. The molecule has 1 saturated heterocycles. The molecule has 1 aromatic rings. The first kappa shape index (κ1) is 18.9. The van der Waals surface area contributed by atoms with Gasteiger partial charge in [-0.25, -0.2) is 4.79 Å². The zero-order chi connectivity index (χ0) is 17.6. The van der Waals surface area contributed by atoms with Crippen molar-refractivity contribution in [1.29, 1.82) is 0 Å². The molecule has 1 aliphatic rings. The topological polar surface area (TPSA) is 85.3 Å². The molecule has 0 saturated carbocycles. The third-order valence-corrected chi connectivity index (χ3v) is 6.22. The fraction of sp³-hybridized carbons (Fsp3) is 0.562. The van der Waals surface area contributed by atoms with Crippen molar-refractivity contribution in [2.24, 2.45) is 0 Å². The lowest BCUT2D eigenvalue weighted by atomic mass is 10.2. The smallest absolute Gasteiger partial charge is 0.410 e. The summed E-state index contributed by atoms with van der Waals surface area (Å²) in [5.74, 6) is 0. The Labute approximate surface area is 142 Å². The molecule has 24 heavy (non-hydrogen) atoms. The van der Waals surface area contributed by atoms with Gasteiger partial charge in [-0.2, -0.15) is 0 Å². The van der Waals surface area contributed by atoms with Crippen molar-refractivity contribution >= 4 is 13.7 Å². The van der Waals surface area contributed by atoms with Crippen molar-refractivity contribution in [1.82, 2.24) is 4.90 Å². The minimum absolute atomic E-state index is 0.0803. The van der Waals surface area contributed by atoms with Crippen molar-refractivity contribution in [3.05, 3.63) is 35.9 Å². The van der Waals surface area contributed by atoms with E-state index < -0.39 is 13.7 Å². The van der Waals surface area contributed by atoms with Crippen molar-refractivity contribution in [2.45, 2.75) is 31.5 Å². The predicted octanol–water partition coefficient (Wildman–Crippen LogP) is 2.63. The van der Waals surface area contributed by atoms with Crippen LogP contribution in [0.4, 0.5) is 4.79 Å². The summed E-state index contributed by atoms with van der Waals surface area (Å²) in [7, 11) is -0.612. The molecule has 0 aliphatic carbocycles. The van der Waals surface area contributed by atoms with Crippen LogP contribution in [0.1, 0.15) is 18.4 Å². The van der Waals surface area contributed by atoms with Gasteiger partial charge >= 0.3 is 13.7 Å². The third-order valence-electron chi connectivity index (χ3n) is 4.24. The van der Waals surface area contributed by atoms with Crippen LogP contribution in [0.5, 0.6) is 0 Å². The molecule has 8 heteroatoms. The summed E-state index contributed by atoms with van der Waals surface area (Å²) in [5.41, 5.74) is 0.876. The van der Waals surface area contributed by atoms with Crippen LogP contribution < -0.4 is 0 Å². The molecule has 0 spiro atoms. The highest BCUT2D eigenvalue weighted by Gasteiger charge is 2.41. The molecule has 1 aromatic carbocycles. The van der Waals surface area contributed by atoms with Crippen molar-refractivity contribution in [2.75, 3.05) is 27.0 Å². The highest BCUT2D eigenvalue weighted by molar-refractivity contribution is 7.53. The second-order valence-corrected chi connectivity index (χ2v) is 7.99. The van der Waals surface area contributed by atoms with E-state index in [-0.39, 0.29) is 31.5 Å². The third kappa shape index (κ3) is 4.57. The first-order chi connectivity index (χ1) is 11.5. The lowest BCUT2D eigenvalue weighted by Crippen LogP contribution is -2.44. The lowest BCUT2D eigenvalue weighted by Gasteiger charge is -2.30. The van der Waals surface area contributed by atoms with Crippen LogP contribution in [0.15, 0.2) is 30.3 Å². The Bertz CT molecular complexity index is 573. The number of hydrogen-bond acceptors (Lipinski definition) is 6. The fourth-order valence-corrected chi connectivity index (χ4v) is 4.22. The Kier molecular flexibility index (Phi) is 6.80. The summed E-state index contributed by atoms with van der Waals surface area (Å²) in [6.07, 6.45) is 0.785. The van der Waals surface area contributed by atoms with Gasteiger partial charge in [0.25, 0.3) is 0 Å². The van der Waals surface area contributed by atoms with Gasteiger partial charge < -0.3 is 18.9 Å². The Morgan fingerprint density at radius 1 is 1.21 bits per heavy atom. The zero-order valence-corrected chi connectivity index (χ0v) is 14.9. The van der Waals surface area contributed by atoms with E-state index in [4.69, 9.17) is 13.8 Å². The van der Waals surface area contributed by atoms with Crippen molar-refractivity contribution in [3.63, 3.8) is 0 Å². The highest BCUT2D eigenvalue weighted by atomic mass is 31.2. The minimum Gasteiger partial charge on any atom is -0.445 e. The first-order valence-corrected chi connectivity index (χ1v) is 9.56. The maximum absolute atomic E-state index is 12.5. The van der Waals surface area contributed by atoms with Gasteiger partial charge in [0, 0.05) is 20.3 Å². The van der Waals surface area contributed by atoms with E-state index in [0.29, 0.717) is 12.8 Å². The molecule has 1 amide bonds. The number of aliphatic hydroxyl groups excluding tert-OH is 1. The normalized spacial score (nSPS) is 21.0. The van der Waals surface area contributed by atoms with E-state index in [1.165, 1.54) is 19.1 Å². The number of carbonyl (C=O) groups is 1. The minimum atomic E-state index is -3.25. The number of amides is 1. The molecule has 0 unspecified atom stereocenters. The molecule has 7 nitrogen and oxygen atoms in total. The van der Waals surface area contributed by atoms with E-state index in [2.05, 4.69) is 0 Å². The van der Waals surface area contributed by atoms with Crippen LogP contribution in [0.25, 0.3) is 0 Å². The molecule has 134 valence electrons. The molecule has 2 rings (SSSR count). The molecule has 2 atom stereocenters. The van der Waals surface area contributed by atoms with Gasteiger partial charge in [-0.15, -0.1) is 0 Å². The second-order valence-electron chi connectivity index (χ2n) is 5.67. The van der Waals surface area contributed by atoms with Crippen LogP contribution in [0, 0.1) is 0 Å². The lowest BCUT2D eigenvalue weighted by molar-refractivity contribution is 0.0672. The number of hydrogen-bond donors (Lipinski definition) is 1. The van der Waals surface area contributed by atoms with Crippen molar-refractivity contribution < 1.29 is 28.3 Å². The number of ether oxygens (including phenoxy) is 1. The number of rotatable bonds is 7. The van der Waals surface area contributed by atoms with Crippen LogP contribution in [-0.4, -0.2) is 55.2 Å². The quantitative estimate of drug-likeness (QED) is 0.755. The number of benzene rings is 1. The van der Waals surface area contributed by atoms with Crippen molar-refractivity contribution in [3.8, 4) is 0 Å². The summed E-state index contributed by atoms with van der Waals surface area (Å²) in [5, 5.41) is 9.52. The SMILES string of the molecule is COP(=O)(C[C@H]1CC[C@@H](CO)N1C(=O)OCc1ccccc1)OC. The molecule has 1 aliphatic heterocycles. The number of aliphatic hydroxyl groups is 1. The van der Waals surface area contributed by atoms with Crippen LogP contribution in [0.2, 0.25) is 0 Å². The Hall–Kier alpha value is -1.40. The fourth-order valence-electron chi connectivity index (χ4n) is 2.89. The van der Waals surface area contributed by atoms with E-state index in [0.717, 1.165) is 5.56 Å². The van der Waals surface area contributed by atoms with E-state index >= 15 is 0 Å².